The number of aromatic amines is 1. The second-order valence-electron chi connectivity index (χ2n) is 7.38. The maximum atomic E-state index is 14.2. The highest BCUT2D eigenvalue weighted by Gasteiger charge is 2.30. The Morgan fingerprint density at radius 1 is 0.941 bits per heavy atom. The van der Waals surface area contributed by atoms with Crippen LogP contribution in [0.15, 0.2) is 59.6 Å². The van der Waals surface area contributed by atoms with Crippen LogP contribution in [0, 0.1) is 5.82 Å². The second kappa shape index (κ2) is 9.07. The second-order valence-corrected chi connectivity index (χ2v) is 9.32. The highest BCUT2D eigenvalue weighted by Crippen LogP contribution is 2.26. The molecule has 1 aliphatic rings. The number of sulfonamides is 1. The highest BCUT2D eigenvalue weighted by atomic mass is 32.2. The van der Waals surface area contributed by atoms with Gasteiger partial charge in [0.2, 0.25) is 15.8 Å². The average molecular weight is 483 g/mol. The maximum Gasteiger partial charge on any atom is 0.243 e. The summed E-state index contributed by atoms with van der Waals surface area (Å²) in [5.74, 6) is 1.21. The van der Waals surface area contributed by atoms with Crippen LogP contribution in [0.5, 0.6) is 0 Å². The summed E-state index contributed by atoms with van der Waals surface area (Å²) in [5, 5.41) is 24.6. The number of tetrazole rings is 1. The van der Waals surface area contributed by atoms with Gasteiger partial charge in [0.15, 0.2) is 11.6 Å². The molecule has 1 fully saturated rings. The van der Waals surface area contributed by atoms with E-state index in [1.807, 2.05) is 29.2 Å². The van der Waals surface area contributed by atoms with Crippen molar-refractivity contribution in [1.29, 1.82) is 0 Å². The summed E-state index contributed by atoms with van der Waals surface area (Å²) in [6.45, 7) is 1.35. The van der Waals surface area contributed by atoms with Crippen LogP contribution in [0.2, 0.25) is 0 Å². The number of hydrogen-bond donors (Lipinski definition) is 2. The van der Waals surface area contributed by atoms with Gasteiger partial charge in [-0.25, -0.2) is 17.8 Å². The number of benzene rings is 1. The maximum absolute atomic E-state index is 14.2. The van der Waals surface area contributed by atoms with Gasteiger partial charge in [0.25, 0.3) is 0 Å². The molecule has 12 nitrogen and oxygen atoms in total. The molecule has 34 heavy (non-hydrogen) atoms. The number of H-pyrrole nitrogens is 1. The minimum atomic E-state index is -3.84. The van der Waals surface area contributed by atoms with E-state index in [9.17, 15) is 12.8 Å². The Bertz CT molecular complexity index is 1360. The predicted molar refractivity (Wildman–Crippen MR) is 120 cm³/mol. The van der Waals surface area contributed by atoms with Crippen molar-refractivity contribution >= 4 is 27.5 Å². The van der Waals surface area contributed by atoms with Crippen molar-refractivity contribution in [2.45, 2.75) is 4.90 Å². The van der Waals surface area contributed by atoms with Crippen molar-refractivity contribution in [3.05, 3.63) is 60.5 Å². The van der Waals surface area contributed by atoms with Crippen LogP contribution in [-0.4, -0.2) is 74.7 Å². The summed E-state index contributed by atoms with van der Waals surface area (Å²) < 4.78 is 41.9. The van der Waals surface area contributed by atoms with Gasteiger partial charge in [-0.05, 0) is 47.7 Å². The van der Waals surface area contributed by atoms with Crippen molar-refractivity contribution < 1.29 is 12.8 Å². The molecule has 2 N–H and O–H groups in total. The van der Waals surface area contributed by atoms with E-state index in [0.717, 1.165) is 6.07 Å². The van der Waals surface area contributed by atoms with E-state index in [4.69, 9.17) is 0 Å². The molecule has 0 bridgehead atoms. The number of piperazine rings is 1. The molecule has 0 aliphatic carbocycles. The molecule has 0 atom stereocenters. The standard InChI is InChI=1S/C20H19FN10O2S/c21-16-5-4-14(13-15(16)20-26-28-29-27-20)34(32,33)31-11-9-30(10-12-31)19-7-6-18(24-25-19)23-17-3-1-2-8-22-17/h1-8,13H,9-12H2,(H,22,23,24)(H,26,27,28,29). The minimum absolute atomic E-state index is 0.0149. The lowest BCUT2D eigenvalue weighted by Gasteiger charge is -2.34. The topological polar surface area (TPSA) is 146 Å². The Morgan fingerprint density at radius 3 is 2.47 bits per heavy atom. The smallest absolute Gasteiger partial charge is 0.243 e. The first-order valence-electron chi connectivity index (χ1n) is 10.3. The van der Waals surface area contributed by atoms with Gasteiger partial charge in [-0.3, -0.25) is 0 Å². The number of rotatable bonds is 6. The van der Waals surface area contributed by atoms with Gasteiger partial charge in [0.05, 0.1) is 10.5 Å². The van der Waals surface area contributed by atoms with Crippen molar-refractivity contribution in [2.75, 3.05) is 36.4 Å². The lowest BCUT2D eigenvalue weighted by molar-refractivity contribution is 0.383. The van der Waals surface area contributed by atoms with Crippen LogP contribution in [-0.2, 0) is 10.0 Å². The Labute approximate surface area is 193 Å². The van der Waals surface area contributed by atoms with Crippen LogP contribution in [0.25, 0.3) is 11.4 Å². The molecule has 0 saturated carbocycles. The summed E-state index contributed by atoms with van der Waals surface area (Å²) in [4.78, 5) is 6.11. The van der Waals surface area contributed by atoms with E-state index in [-0.39, 0.29) is 29.4 Å². The van der Waals surface area contributed by atoms with E-state index in [0.29, 0.717) is 30.5 Å². The van der Waals surface area contributed by atoms with E-state index in [1.54, 1.807) is 12.3 Å². The largest absolute Gasteiger partial charge is 0.352 e. The zero-order chi connectivity index (χ0) is 23.5. The molecule has 0 spiro atoms. The number of hydrogen-bond acceptors (Lipinski definition) is 10. The molecule has 14 heteroatoms. The Hall–Kier alpha value is -4.04. The molecular weight excluding hydrogens is 463 g/mol. The molecule has 3 aromatic heterocycles. The molecule has 0 amide bonds. The van der Waals surface area contributed by atoms with Crippen molar-refractivity contribution in [2.24, 2.45) is 0 Å². The monoisotopic (exact) mass is 482 g/mol. The Balaban J connectivity index is 1.25. The van der Waals surface area contributed by atoms with Crippen LogP contribution in [0.1, 0.15) is 0 Å². The molecule has 1 aliphatic heterocycles. The normalized spacial score (nSPS) is 14.8. The number of anilines is 3. The number of halogens is 1. The Morgan fingerprint density at radius 2 is 1.79 bits per heavy atom. The quantitative estimate of drug-likeness (QED) is 0.414. The fourth-order valence-corrected chi connectivity index (χ4v) is 5.00. The molecule has 4 heterocycles. The lowest BCUT2D eigenvalue weighted by Crippen LogP contribution is -2.49. The molecular formula is C20H19FN10O2S. The molecule has 5 rings (SSSR count). The molecule has 0 radical (unpaired) electrons. The number of pyridine rings is 1. The molecule has 0 unspecified atom stereocenters. The van der Waals surface area contributed by atoms with Gasteiger partial charge in [0.1, 0.15) is 11.6 Å². The van der Waals surface area contributed by atoms with Crippen LogP contribution in [0.3, 0.4) is 0 Å². The molecule has 1 saturated heterocycles. The van der Waals surface area contributed by atoms with Crippen LogP contribution in [0.4, 0.5) is 21.8 Å². The summed E-state index contributed by atoms with van der Waals surface area (Å²) in [6.07, 6.45) is 1.68. The first kappa shape index (κ1) is 21.8. The van der Waals surface area contributed by atoms with Gasteiger partial charge in [-0.15, -0.1) is 20.4 Å². The summed E-state index contributed by atoms with van der Waals surface area (Å²) >= 11 is 0. The highest BCUT2D eigenvalue weighted by molar-refractivity contribution is 7.89. The third-order valence-corrected chi connectivity index (χ3v) is 7.19. The van der Waals surface area contributed by atoms with E-state index in [2.05, 4.69) is 41.1 Å². The van der Waals surface area contributed by atoms with E-state index in [1.165, 1.54) is 16.4 Å². The third kappa shape index (κ3) is 4.40. The lowest BCUT2D eigenvalue weighted by atomic mass is 10.2. The van der Waals surface area contributed by atoms with Gasteiger partial charge < -0.3 is 10.2 Å². The van der Waals surface area contributed by atoms with Gasteiger partial charge in [0, 0.05) is 32.4 Å². The zero-order valence-electron chi connectivity index (χ0n) is 17.7. The van der Waals surface area contributed by atoms with E-state index >= 15 is 0 Å². The zero-order valence-corrected chi connectivity index (χ0v) is 18.5. The number of nitrogens with zero attached hydrogens (tertiary/aromatic N) is 8. The Kier molecular flexibility index (Phi) is 5.81. The summed E-state index contributed by atoms with van der Waals surface area (Å²) in [7, 11) is -3.84. The first-order chi connectivity index (χ1) is 16.5. The van der Waals surface area contributed by atoms with Crippen LogP contribution >= 0.6 is 0 Å². The molecule has 4 aromatic rings. The van der Waals surface area contributed by atoms with Crippen molar-refractivity contribution in [3.8, 4) is 11.4 Å². The van der Waals surface area contributed by atoms with Crippen molar-refractivity contribution in [1.82, 2.24) is 40.1 Å². The summed E-state index contributed by atoms with van der Waals surface area (Å²) in [5.41, 5.74) is -0.0388. The minimum Gasteiger partial charge on any atom is -0.352 e. The van der Waals surface area contributed by atoms with Crippen LogP contribution < -0.4 is 10.2 Å². The van der Waals surface area contributed by atoms with Gasteiger partial charge in [-0.1, -0.05) is 6.07 Å². The molecule has 174 valence electrons. The SMILES string of the molecule is O=S(=O)(c1ccc(F)c(-c2nn[nH]n2)c1)N1CCN(c2ccc(Nc3ccccn3)nn2)CC1. The van der Waals surface area contributed by atoms with Gasteiger partial charge in [-0.2, -0.15) is 9.52 Å². The summed E-state index contributed by atoms with van der Waals surface area (Å²) in [6, 6.07) is 12.7. The molecule has 1 aromatic carbocycles. The average Bonchev–Trinajstić information content (AvgIpc) is 3.40. The third-order valence-electron chi connectivity index (χ3n) is 5.30. The first-order valence-corrected chi connectivity index (χ1v) is 11.7. The fourth-order valence-electron chi connectivity index (χ4n) is 3.55. The van der Waals surface area contributed by atoms with Gasteiger partial charge >= 0.3 is 0 Å². The fraction of sp³-hybridized carbons (Fsp3) is 0.200. The number of nitrogens with one attached hydrogen (secondary N) is 2. The predicted octanol–water partition coefficient (Wildman–Crippen LogP) is 1.45. The number of aromatic nitrogens is 7. The van der Waals surface area contributed by atoms with Crippen molar-refractivity contribution in [3.63, 3.8) is 0 Å². The van der Waals surface area contributed by atoms with E-state index < -0.39 is 15.8 Å².